The lowest BCUT2D eigenvalue weighted by atomic mass is 10.1. The summed E-state index contributed by atoms with van der Waals surface area (Å²) in [5.74, 6) is 0. The number of hydrogen-bond donors (Lipinski definition) is 2. The molecule has 1 aromatic heterocycles. The molecule has 10 heavy (non-hydrogen) atoms. The highest BCUT2D eigenvalue weighted by atomic mass is 16.3. The average Bonchev–Trinajstić information content (AvgIpc) is 2.40. The van der Waals surface area contributed by atoms with Crippen molar-refractivity contribution >= 4 is 0 Å². The zero-order valence-corrected chi connectivity index (χ0v) is 5.96. The van der Waals surface area contributed by atoms with Crippen molar-refractivity contribution in [3.8, 4) is 0 Å². The highest BCUT2D eigenvalue weighted by Gasteiger charge is 2.02. The number of aromatic nitrogens is 2. The molecule has 3 heteroatoms. The maximum Gasteiger partial charge on any atom is 0.113 e. The van der Waals surface area contributed by atoms with Crippen molar-refractivity contribution in [1.29, 1.82) is 0 Å². The Morgan fingerprint density at radius 1 is 1.90 bits per heavy atom. The van der Waals surface area contributed by atoms with Gasteiger partial charge in [0, 0.05) is 12.1 Å². The van der Waals surface area contributed by atoms with Crippen LogP contribution in [0.5, 0.6) is 0 Å². The molecule has 55 valence electrons. The number of nitrogens with one attached hydrogen (secondary N) is 1. The first-order chi connectivity index (χ1) is 4.83. The summed E-state index contributed by atoms with van der Waals surface area (Å²) in [6.07, 6.45) is 3.81. The van der Waals surface area contributed by atoms with Crippen molar-refractivity contribution in [2.45, 2.75) is 25.9 Å². The third-order valence-corrected chi connectivity index (χ3v) is 1.43. The molecule has 0 aliphatic carbocycles. The number of aliphatic hydroxyl groups is 1. The normalized spacial score (nSPS) is 13.4. The zero-order valence-electron chi connectivity index (χ0n) is 5.96. The second kappa shape index (κ2) is 3.37. The van der Waals surface area contributed by atoms with Gasteiger partial charge in [-0.1, -0.05) is 6.92 Å². The fourth-order valence-electron chi connectivity index (χ4n) is 0.749. The van der Waals surface area contributed by atoms with Crippen LogP contribution >= 0.6 is 0 Å². The molecule has 0 saturated heterocycles. The summed E-state index contributed by atoms with van der Waals surface area (Å²) in [5.41, 5.74) is 0.939. The van der Waals surface area contributed by atoms with E-state index in [1.165, 1.54) is 0 Å². The number of H-pyrrole nitrogens is 1. The van der Waals surface area contributed by atoms with Crippen LogP contribution in [0.1, 0.15) is 19.0 Å². The van der Waals surface area contributed by atoms with Gasteiger partial charge in [0.2, 0.25) is 0 Å². The number of hydrogen-bond acceptors (Lipinski definition) is 2. The van der Waals surface area contributed by atoms with Gasteiger partial charge in [0.05, 0.1) is 6.10 Å². The first-order valence-corrected chi connectivity index (χ1v) is 3.41. The molecule has 0 spiro atoms. The van der Waals surface area contributed by atoms with E-state index in [9.17, 15) is 0 Å². The molecule has 0 aromatic carbocycles. The topological polar surface area (TPSA) is 48.9 Å². The quantitative estimate of drug-likeness (QED) is 0.641. The molecule has 3 nitrogen and oxygen atoms in total. The lowest BCUT2D eigenvalue weighted by Crippen LogP contribution is -2.08. The van der Waals surface area contributed by atoms with Crippen LogP contribution in [0, 0.1) is 6.20 Å². The Morgan fingerprint density at radius 3 is 3.20 bits per heavy atom. The van der Waals surface area contributed by atoms with Crippen LogP contribution in [0.2, 0.25) is 0 Å². The molecule has 1 rings (SSSR count). The molecule has 0 amide bonds. The standard InChI is InChI=1S/C7H11N2O/c1-2-7(10)5-6-3-4-8-9-6/h3,7,10H,2,5H2,1H3,(H,8,9). The van der Waals surface area contributed by atoms with Crippen molar-refractivity contribution in [3.05, 3.63) is 18.0 Å². The molecule has 1 aromatic rings. The molecule has 1 heterocycles. The maximum atomic E-state index is 9.17. The van der Waals surface area contributed by atoms with Gasteiger partial charge in [-0.3, -0.25) is 5.10 Å². The first-order valence-electron chi connectivity index (χ1n) is 3.41. The SMILES string of the molecule is CCC(O)Cc1c[c]n[nH]1. The van der Waals surface area contributed by atoms with Crippen LogP contribution in [0.25, 0.3) is 0 Å². The molecule has 1 atom stereocenters. The third-order valence-electron chi connectivity index (χ3n) is 1.43. The third kappa shape index (κ3) is 1.84. The number of nitrogens with zero attached hydrogens (tertiary/aromatic N) is 1. The summed E-state index contributed by atoms with van der Waals surface area (Å²) < 4.78 is 0. The summed E-state index contributed by atoms with van der Waals surface area (Å²) in [5, 5.41) is 15.6. The smallest absolute Gasteiger partial charge is 0.113 e. The molecule has 1 unspecified atom stereocenters. The zero-order chi connectivity index (χ0) is 7.40. The van der Waals surface area contributed by atoms with E-state index in [0.29, 0.717) is 6.42 Å². The van der Waals surface area contributed by atoms with Gasteiger partial charge in [0.25, 0.3) is 0 Å². The lowest BCUT2D eigenvalue weighted by Gasteiger charge is -2.03. The van der Waals surface area contributed by atoms with E-state index in [1.54, 1.807) is 6.07 Å². The Morgan fingerprint density at radius 2 is 2.70 bits per heavy atom. The van der Waals surface area contributed by atoms with Crippen molar-refractivity contribution in [1.82, 2.24) is 10.2 Å². The minimum atomic E-state index is -0.256. The Labute approximate surface area is 60.1 Å². The van der Waals surface area contributed by atoms with E-state index >= 15 is 0 Å². The lowest BCUT2D eigenvalue weighted by molar-refractivity contribution is 0.169. The maximum absolute atomic E-state index is 9.17. The number of rotatable bonds is 3. The van der Waals surface area contributed by atoms with Crippen molar-refractivity contribution in [2.24, 2.45) is 0 Å². The Bertz CT molecular complexity index is 172. The van der Waals surface area contributed by atoms with E-state index in [-0.39, 0.29) is 6.10 Å². The molecule has 0 saturated carbocycles. The van der Waals surface area contributed by atoms with Crippen LogP contribution in [0.15, 0.2) is 6.07 Å². The van der Waals surface area contributed by atoms with Gasteiger partial charge in [0.1, 0.15) is 6.20 Å². The monoisotopic (exact) mass is 139 g/mol. The highest BCUT2D eigenvalue weighted by molar-refractivity contribution is 4.97. The summed E-state index contributed by atoms with van der Waals surface area (Å²) in [6.45, 7) is 1.95. The van der Waals surface area contributed by atoms with Gasteiger partial charge in [-0.05, 0) is 12.5 Å². The average molecular weight is 139 g/mol. The predicted octanol–water partition coefficient (Wildman–Crippen LogP) is 0.523. The Balaban J connectivity index is 2.40. The van der Waals surface area contributed by atoms with Crippen molar-refractivity contribution < 1.29 is 5.11 Å². The molecule has 0 fully saturated rings. The van der Waals surface area contributed by atoms with Crippen molar-refractivity contribution in [2.75, 3.05) is 0 Å². The molecule has 1 radical (unpaired) electrons. The minimum absolute atomic E-state index is 0.256. The van der Waals surface area contributed by atoms with E-state index in [4.69, 9.17) is 5.11 Å². The second-order valence-electron chi connectivity index (χ2n) is 2.29. The minimum Gasteiger partial charge on any atom is -0.393 e. The van der Waals surface area contributed by atoms with Gasteiger partial charge < -0.3 is 5.11 Å². The predicted molar refractivity (Wildman–Crippen MR) is 37.4 cm³/mol. The van der Waals surface area contributed by atoms with E-state index in [0.717, 1.165) is 12.1 Å². The Kier molecular flexibility index (Phi) is 2.45. The van der Waals surface area contributed by atoms with Gasteiger partial charge in [-0.15, -0.1) is 0 Å². The van der Waals surface area contributed by atoms with Gasteiger partial charge in [-0.25, -0.2) is 0 Å². The van der Waals surface area contributed by atoms with Crippen LogP contribution in [-0.2, 0) is 6.42 Å². The van der Waals surface area contributed by atoms with Crippen LogP contribution in [0.4, 0.5) is 0 Å². The molecule has 0 bridgehead atoms. The fourth-order valence-corrected chi connectivity index (χ4v) is 0.749. The fraction of sp³-hybridized carbons (Fsp3) is 0.571. The van der Waals surface area contributed by atoms with E-state index in [2.05, 4.69) is 16.4 Å². The van der Waals surface area contributed by atoms with Crippen LogP contribution in [0.3, 0.4) is 0 Å². The second-order valence-corrected chi connectivity index (χ2v) is 2.29. The molecule has 2 N–H and O–H groups in total. The molecule has 0 aliphatic rings. The van der Waals surface area contributed by atoms with Gasteiger partial charge in [0.15, 0.2) is 0 Å². The molecular weight excluding hydrogens is 128 g/mol. The Hall–Kier alpha value is -0.830. The summed E-state index contributed by atoms with van der Waals surface area (Å²) in [6, 6.07) is 1.75. The van der Waals surface area contributed by atoms with E-state index in [1.807, 2.05) is 6.92 Å². The van der Waals surface area contributed by atoms with Crippen molar-refractivity contribution in [3.63, 3.8) is 0 Å². The number of aliphatic hydroxyl groups excluding tert-OH is 1. The van der Waals surface area contributed by atoms with Gasteiger partial charge >= 0.3 is 0 Å². The summed E-state index contributed by atoms with van der Waals surface area (Å²) in [4.78, 5) is 0. The van der Waals surface area contributed by atoms with Crippen LogP contribution < -0.4 is 0 Å². The summed E-state index contributed by atoms with van der Waals surface area (Å²) in [7, 11) is 0. The van der Waals surface area contributed by atoms with Gasteiger partial charge in [-0.2, -0.15) is 5.10 Å². The largest absolute Gasteiger partial charge is 0.393 e. The first kappa shape index (κ1) is 7.28. The summed E-state index contributed by atoms with van der Waals surface area (Å²) >= 11 is 0. The highest BCUT2D eigenvalue weighted by Crippen LogP contribution is 2.00. The molecule has 0 aliphatic heterocycles. The van der Waals surface area contributed by atoms with E-state index < -0.39 is 0 Å². The molecular formula is C7H11N2O. The number of aromatic amines is 1. The van der Waals surface area contributed by atoms with Crippen LogP contribution in [-0.4, -0.2) is 21.4 Å².